The van der Waals surface area contributed by atoms with Crippen LogP contribution in [-0.4, -0.2) is 49.7 Å². The molecule has 0 radical (unpaired) electrons. The largest absolute Gasteiger partial charge is 0.347 e. The van der Waals surface area contributed by atoms with Gasteiger partial charge in [-0.3, -0.25) is 19.7 Å². The molecule has 0 saturated carbocycles. The van der Waals surface area contributed by atoms with E-state index in [0.717, 1.165) is 5.56 Å². The van der Waals surface area contributed by atoms with Crippen molar-refractivity contribution in [2.75, 3.05) is 13.1 Å². The summed E-state index contributed by atoms with van der Waals surface area (Å²) in [5.74, 6) is -0.443. The van der Waals surface area contributed by atoms with Gasteiger partial charge in [-0.15, -0.1) is 5.10 Å². The smallest absolute Gasteiger partial charge is 0.274 e. The highest BCUT2D eigenvalue weighted by atomic mass is 16.6. The van der Waals surface area contributed by atoms with Gasteiger partial charge < -0.3 is 10.2 Å². The van der Waals surface area contributed by atoms with Crippen molar-refractivity contribution >= 4 is 17.5 Å². The van der Waals surface area contributed by atoms with Crippen LogP contribution in [0.1, 0.15) is 46.0 Å². The number of aromatic nitrogens is 3. The number of nitro groups is 1. The number of non-ortho nitro benzene ring substituents is 1. The van der Waals surface area contributed by atoms with Gasteiger partial charge in [0.15, 0.2) is 5.69 Å². The minimum atomic E-state index is -0.496. The summed E-state index contributed by atoms with van der Waals surface area (Å²) in [5.41, 5.74) is 2.38. The molecule has 0 bridgehead atoms. The summed E-state index contributed by atoms with van der Waals surface area (Å²) >= 11 is 0. The number of hydrogen-bond acceptors (Lipinski definition) is 6. The van der Waals surface area contributed by atoms with Crippen LogP contribution in [0.3, 0.4) is 0 Å². The number of benzene rings is 2. The first-order valence-corrected chi connectivity index (χ1v) is 10.2. The maximum Gasteiger partial charge on any atom is 0.274 e. The highest BCUT2D eigenvalue weighted by molar-refractivity contribution is 5.94. The third-order valence-electron chi connectivity index (χ3n) is 5.10. The van der Waals surface area contributed by atoms with Gasteiger partial charge in [0.05, 0.1) is 16.3 Å². The molecule has 0 aliphatic heterocycles. The second kappa shape index (κ2) is 9.82. The maximum absolute atomic E-state index is 12.6. The Hall–Kier alpha value is -4.08. The standard InChI is InChI=1S/C22H24N6O4/c1-4-26(5-2)22(30)17-11-9-16(10-12-17)14-23-21(29)20-15(3)27(25-24-20)18-7-6-8-19(13-18)28(31)32/h6-13H,4-5,14H2,1-3H3,(H,23,29). The molecule has 2 aromatic carbocycles. The summed E-state index contributed by atoms with van der Waals surface area (Å²) in [7, 11) is 0. The zero-order valence-electron chi connectivity index (χ0n) is 18.1. The molecule has 1 aromatic heterocycles. The average molecular weight is 436 g/mol. The van der Waals surface area contributed by atoms with E-state index >= 15 is 0 Å². The van der Waals surface area contributed by atoms with E-state index in [-0.39, 0.29) is 23.8 Å². The highest BCUT2D eigenvalue weighted by Crippen LogP contribution is 2.18. The fourth-order valence-corrected chi connectivity index (χ4v) is 3.25. The van der Waals surface area contributed by atoms with Gasteiger partial charge in [0.25, 0.3) is 17.5 Å². The molecular formula is C22H24N6O4. The molecule has 10 nitrogen and oxygen atoms in total. The van der Waals surface area contributed by atoms with Gasteiger partial charge in [0.1, 0.15) is 0 Å². The minimum Gasteiger partial charge on any atom is -0.347 e. The number of nitrogens with one attached hydrogen (secondary N) is 1. The zero-order chi connectivity index (χ0) is 23.3. The molecule has 0 unspecified atom stereocenters. The monoisotopic (exact) mass is 436 g/mol. The van der Waals surface area contributed by atoms with Gasteiger partial charge >= 0.3 is 0 Å². The molecule has 0 aliphatic rings. The lowest BCUT2D eigenvalue weighted by Crippen LogP contribution is -2.30. The lowest BCUT2D eigenvalue weighted by Gasteiger charge is -2.18. The average Bonchev–Trinajstić information content (AvgIpc) is 3.20. The van der Waals surface area contributed by atoms with Crippen LogP contribution in [0.15, 0.2) is 48.5 Å². The van der Waals surface area contributed by atoms with Crippen LogP contribution < -0.4 is 5.32 Å². The molecule has 0 saturated heterocycles. The second-order valence-electron chi connectivity index (χ2n) is 7.07. The minimum absolute atomic E-state index is 0.0287. The van der Waals surface area contributed by atoms with Gasteiger partial charge in [-0.25, -0.2) is 4.68 Å². The summed E-state index contributed by atoms with van der Waals surface area (Å²) in [6, 6.07) is 13.0. The quantitative estimate of drug-likeness (QED) is 0.428. The molecule has 2 amide bonds. The van der Waals surface area contributed by atoms with Crippen molar-refractivity contribution in [3.05, 3.63) is 81.2 Å². The molecule has 3 rings (SSSR count). The summed E-state index contributed by atoms with van der Waals surface area (Å²) in [5, 5.41) is 21.7. The summed E-state index contributed by atoms with van der Waals surface area (Å²) in [6.07, 6.45) is 0. The van der Waals surface area contributed by atoms with E-state index in [9.17, 15) is 19.7 Å². The Morgan fingerprint density at radius 3 is 2.44 bits per heavy atom. The first kappa shape index (κ1) is 22.6. The molecule has 1 heterocycles. The SMILES string of the molecule is CCN(CC)C(=O)c1ccc(CNC(=O)c2nnn(-c3cccc([N+](=O)[O-])c3)c2C)cc1. The van der Waals surface area contributed by atoms with E-state index in [4.69, 9.17) is 0 Å². The fourth-order valence-electron chi connectivity index (χ4n) is 3.25. The Balaban J connectivity index is 1.68. The summed E-state index contributed by atoms with van der Waals surface area (Å²) in [4.78, 5) is 37.2. The van der Waals surface area contributed by atoms with Crippen LogP contribution in [0, 0.1) is 17.0 Å². The second-order valence-corrected chi connectivity index (χ2v) is 7.07. The van der Waals surface area contributed by atoms with Gasteiger partial charge in [0, 0.05) is 37.3 Å². The Kier molecular flexibility index (Phi) is 6.93. The number of carbonyl (C=O) groups is 2. The molecule has 3 aromatic rings. The molecule has 1 N–H and O–H groups in total. The molecule has 0 atom stereocenters. The molecule has 166 valence electrons. The van der Waals surface area contributed by atoms with E-state index in [2.05, 4.69) is 15.6 Å². The normalized spacial score (nSPS) is 10.6. The third-order valence-corrected chi connectivity index (χ3v) is 5.10. The van der Waals surface area contributed by atoms with E-state index in [0.29, 0.717) is 30.0 Å². The predicted octanol–water partition coefficient (Wildman–Crippen LogP) is 2.90. The van der Waals surface area contributed by atoms with Crippen LogP contribution in [0.2, 0.25) is 0 Å². The number of carbonyl (C=O) groups excluding carboxylic acids is 2. The van der Waals surface area contributed by atoms with Crippen molar-refractivity contribution in [2.45, 2.75) is 27.3 Å². The lowest BCUT2D eigenvalue weighted by molar-refractivity contribution is -0.384. The van der Waals surface area contributed by atoms with Crippen LogP contribution in [0.4, 0.5) is 5.69 Å². The van der Waals surface area contributed by atoms with E-state index in [1.807, 2.05) is 13.8 Å². The van der Waals surface area contributed by atoms with E-state index in [1.54, 1.807) is 48.2 Å². The molecule has 10 heteroatoms. The number of rotatable bonds is 8. The molecule has 32 heavy (non-hydrogen) atoms. The van der Waals surface area contributed by atoms with Crippen LogP contribution >= 0.6 is 0 Å². The predicted molar refractivity (Wildman–Crippen MR) is 118 cm³/mol. The maximum atomic E-state index is 12.6. The zero-order valence-corrected chi connectivity index (χ0v) is 18.1. The number of nitrogens with zero attached hydrogens (tertiary/aromatic N) is 5. The van der Waals surface area contributed by atoms with Crippen molar-refractivity contribution in [2.24, 2.45) is 0 Å². The topological polar surface area (TPSA) is 123 Å². The number of nitro benzene ring substituents is 1. The van der Waals surface area contributed by atoms with E-state index in [1.165, 1.54) is 16.8 Å². The summed E-state index contributed by atoms with van der Waals surface area (Å²) < 4.78 is 1.38. The van der Waals surface area contributed by atoms with Gasteiger partial charge in [-0.1, -0.05) is 23.4 Å². The van der Waals surface area contributed by atoms with Crippen molar-refractivity contribution in [1.82, 2.24) is 25.2 Å². The van der Waals surface area contributed by atoms with Crippen molar-refractivity contribution in [3.63, 3.8) is 0 Å². The first-order valence-electron chi connectivity index (χ1n) is 10.2. The first-order chi connectivity index (χ1) is 15.3. The lowest BCUT2D eigenvalue weighted by atomic mass is 10.1. The molecule has 0 fully saturated rings. The third kappa shape index (κ3) is 4.80. The van der Waals surface area contributed by atoms with E-state index < -0.39 is 10.8 Å². The van der Waals surface area contributed by atoms with Gasteiger partial charge in [-0.2, -0.15) is 0 Å². The Labute approximate surface area is 185 Å². The molecular weight excluding hydrogens is 412 g/mol. The Morgan fingerprint density at radius 2 is 1.81 bits per heavy atom. The van der Waals surface area contributed by atoms with Crippen LogP contribution in [0.5, 0.6) is 0 Å². The number of amides is 2. The van der Waals surface area contributed by atoms with Crippen molar-refractivity contribution in [3.8, 4) is 5.69 Å². The highest BCUT2D eigenvalue weighted by Gasteiger charge is 2.18. The van der Waals surface area contributed by atoms with Crippen LogP contribution in [-0.2, 0) is 6.54 Å². The molecule has 0 spiro atoms. The number of hydrogen-bond donors (Lipinski definition) is 1. The molecule has 0 aliphatic carbocycles. The van der Waals surface area contributed by atoms with Gasteiger partial charge in [-0.05, 0) is 44.5 Å². The Bertz CT molecular complexity index is 1140. The van der Waals surface area contributed by atoms with Gasteiger partial charge in [0.2, 0.25) is 0 Å². The fraction of sp³-hybridized carbons (Fsp3) is 0.273. The van der Waals surface area contributed by atoms with Crippen molar-refractivity contribution < 1.29 is 14.5 Å². The van der Waals surface area contributed by atoms with Crippen LogP contribution in [0.25, 0.3) is 5.69 Å². The Morgan fingerprint density at radius 1 is 1.12 bits per heavy atom. The van der Waals surface area contributed by atoms with Crippen molar-refractivity contribution in [1.29, 1.82) is 0 Å². The summed E-state index contributed by atoms with van der Waals surface area (Å²) in [6.45, 7) is 7.07.